The molecule has 146 valence electrons. The van der Waals surface area contributed by atoms with Gasteiger partial charge in [-0.1, -0.05) is 11.2 Å². The van der Waals surface area contributed by atoms with Crippen LogP contribution in [0.4, 0.5) is 5.69 Å². The number of hydrogen-bond donors (Lipinski definition) is 0. The molecule has 1 atom stereocenters. The molecule has 29 heavy (non-hydrogen) atoms. The summed E-state index contributed by atoms with van der Waals surface area (Å²) in [4.78, 5) is 18.8. The second kappa shape index (κ2) is 7.64. The van der Waals surface area contributed by atoms with Gasteiger partial charge in [0.25, 0.3) is 5.89 Å². The molecule has 1 amide bonds. The molecule has 2 aromatic carbocycles. The van der Waals surface area contributed by atoms with Crippen molar-refractivity contribution < 1.29 is 18.8 Å². The van der Waals surface area contributed by atoms with Crippen LogP contribution in [0.5, 0.6) is 11.5 Å². The fourth-order valence-electron chi connectivity index (χ4n) is 3.32. The monoisotopic (exact) mass is 390 g/mol. The van der Waals surface area contributed by atoms with Gasteiger partial charge in [-0.05, 0) is 18.2 Å². The molecule has 8 heteroatoms. The maximum absolute atomic E-state index is 12.6. The zero-order valence-corrected chi connectivity index (χ0v) is 16.0. The normalized spacial score (nSPS) is 16.0. The minimum atomic E-state index is -0.198. The Morgan fingerprint density at radius 2 is 1.93 bits per heavy atom. The fraction of sp³-hybridized carbons (Fsp3) is 0.238. The molecule has 1 saturated heterocycles. The van der Waals surface area contributed by atoms with Crippen LogP contribution >= 0.6 is 0 Å². The van der Waals surface area contributed by atoms with E-state index in [1.54, 1.807) is 61.6 Å². The molecule has 0 radical (unpaired) electrons. The Morgan fingerprint density at radius 1 is 1.17 bits per heavy atom. The molecule has 3 aromatic rings. The van der Waals surface area contributed by atoms with Crippen molar-refractivity contribution in [2.45, 2.75) is 12.3 Å². The highest BCUT2D eigenvalue weighted by atomic mass is 16.5. The first kappa shape index (κ1) is 18.5. The van der Waals surface area contributed by atoms with Crippen molar-refractivity contribution in [2.24, 2.45) is 0 Å². The highest BCUT2D eigenvalue weighted by Gasteiger charge is 2.35. The highest BCUT2D eigenvalue weighted by molar-refractivity contribution is 5.96. The molecule has 1 unspecified atom stereocenters. The van der Waals surface area contributed by atoms with E-state index >= 15 is 0 Å². The van der Waals surface area contributed by atoms with E-state index in [1.807, 2.05) is 0 Å². The van der Waals surface area contributed by atoms with E-state index in [0.717, 1.165) is 0 Å². The Kier molecular flexibility index (Phi) is 4.87. The number of aromatic nitrogens is 2. The molecule has 1 aliphatic rings. The minimum absolute atomic E-state index is 0.0388. The van der Waals surface area contributed by atoms with Gasteiger partial charge in [0, 0.05) is 42.6 Å². The van der Waals surface area contributed by atoms with Gasteiger partial charge in [-0.25, -0.2) is 0 Å². The predicted octanol–water partition coefficient (Wildman–Crippen LogP) is 3.15. The third kappa shape index (κ3) is 3.62. The molecule has 0 aliphatic carbocycles. The molecule has 8 nitrogen and oxygen atoms in total. The first-order chi connectivity index (χ1) is 14.1. The average molecular weight is 390 g/mol. The molecule has 0 N–H and O–H groups in total. The largest absolute Gasteiger partial charge is 0.497 e. The Morgan fingerprint density at radius 3 is 2.62 bits per heavy atom. The summed E-state index contributed by atoms with van der Waals surface area (Å²) in [5.41, 5.74) is 1.87. The zero-order chi connectivity index (χ0) is 20.4. The van der Waals surface area contributed by atoms with E-state index in [4.69, 9.17) is 19.3 Å². The zero-order valence-electron chi connectivity index (χ0n) is 16.0. The number of carbonyl (C=O) groups is 1. The predicted molar refractivity (Wildman–Crippen MR) is 104 cm³/mol. The number of nitriles is 1. The maximum Gasteiger partial charge on any atom is 0.257 e. The van der Waals surface area contributed by atoms with Crippen LogP contribution in [0, 0.1) is 11.3 Å². The topological polar surface area (TPSA) is 101 Å². The number of anilines is 1. The summed E-state index contributed by atoms with van der Waals surface area (Å²) in [6, 6.07) is 14.4. The summed E-state index contributed by atoms with van der Waals surface area (Å²) in [5, 5.41) is 13.1. The van der Waals surface area contributed by atoms with Crippen molar-refractivity contribution in [3.8, 4) is 29.0 Å². The Balaban J connectivity index is 1.57. The lowest BCUT2D eigenvalue weighted by molar-refractivity contribution is -0.117. The van der Waals surface area contributed by atoms with Crippen LogP contribution in [0.1, 0.15) is 23.7 Å². The van der Waals surface area contributed by atoms with Crippen molar-refractivity contribution in [2.75, 3.05) is 25.7 Å². The number of benzene rings is 2. The highest BCUT2D eigenvalue weighted by Crippen LogP contribution is 2.35. The summed E-state index contributed by atoms with van der Waals surface area (Å²) in [6.45, 7) is 0.423. The Hall–Kier alpha value is -3.86. The van der Waals surface area contributed by atoms with Gasteiger partial charge in [0.15, 0.2) is 5.82 Å². The first-order valence-corrected chi connectivity index (χ1v) is 8.99. The van der Waals surface area contributed by atoms with E-state index in [-0.39, 0.29) is 18.2 Å². The molecule has 0 spiro atoms. The smallest absolute Gasteiger partial charge is 0.257 e. The van der Waals surface area contributed by atoms with Crippen LogP contribution in [0.15, 0.2) is 47.0 Å². The van der Waals surface area contributed by atoms with E-state index in [2.05, 4.69) is 16.2 Å². The molecule has 1 aliphatic heterocycles. The van der Waals surface area contributed by atoms with Crippen LogP contribution in [0.25, 0.3) is 11.5 Å². The first-order valence-electron chi connectivity index (χ1n) is 8.99. The van der Waals surface area contributed by atoms with E-state index < -0.39 is 0 Å². The van der Waals surface area contributed by atoms with Gasteiger partial charge in [0.2, 0.25) is 5.91 Å². The quantitative estimate of drug-likeness (QED) is 0.659. The van der Waals surface area contributed by atoms with Gasteiger partial charge >= 0.3 is 0 Å². The van der Waals surface area contributed by atoms with Crippen molar-refractivity contribution in [1.82, 2.24) is 10.1 Å². The van der Waals surface area contributed by atoms with Crippen LogP contribution in [-0.4, -0.2) is 36.8 Å². The fourth-order valence-corrected chi connectivity index (χ4v) is 3.32. The molecular formula is C21H18N4O4. The van der Waals surface area contributed by atoms with Crippen LogP contribution < -0.4 is 14.4 Å². The number of ether oxygens (including phenoxy) is 2. The second-order valence-corrected chi connectivity index (χ2v) is 6.63. The van der Waals surface area contributed by atoms with Crippen molar-refractivity contribution in [3.05, 3.63) is 53.9 Å². The molecule has 1 fully saturated rings. The molecule has 0 bridgehead atoms. The number of carbonyl (C=O) groups excluding carboxylic acids is 1. The summed E-state index contributed by atoms with van der Waals surface area (Å²) < 4.78 is 16.0. The third-order valence-corrected chi connectivity index (χ3v) is 4.82. The van der Waals surface area contributed by atoms with Gasteiger partial charge in [0.05, 0.1) is 31.5 Å². The lowest BCUT2D eigenvalue weighted by Crippen LogP contribution is -2.24. The number of rotatable bonds is 5. The average Bonchev–Trinajstić information content (AvgIpc) is 3.40. The SMILES string of the molecule is COc1cc(OC)cc(N2CC(c3noc(-c4cccc(C#N)c4)n3)CC2=O)c1. The van der Waals surface area contributed by atoms with Gasteiger partial charge in [-0.15, -0.1) is 0 Å². The summed E-state index contributed by atoms with van der Waals surface area (Å²) >= 11 is 0. The van der Waals surface area contributed by atoms with Gasteiger partial charge in [-0.2, -0.15) is 10.2 Å². The van der Waals surface area contributed by atoms with Gasteiger partial charge in [0.1, 0.15) is 11.5 Å². The van der Waals surface area contributed by atoms with Gasteiger partial charge < -0.3 is 18.9 Å². The minimum Gasteiger partial charge on any atom is -0.497 e. The Labute approximate surface area is 167 Å². The molecule has 1 aromatic heterocycles. The number of methoxy groups -OCH3 is 2. The van der Waals surface area contributed by atoms with Crippen LogP contribution in [0.3, 0.4) is 0 Å². The van der Waals surface area contributed by atoms with E-state index in [1.165, 1.54) is 0 Å². The number of amides is 1. The summed E-state index contributed by atoms with van der Waals surface area (Å²) in [6.07, 6.45) is 0.275. The molecule has 0 saturated carbocycles. The van der Waals surface area contributed by atoms with Gasteiger partial charge in [-0.3, -0.25) is 4.79 Å². The second-order valence-electron chi connectivity index (χ2n) is 6.63. The standard InChI is InChI=1S/C21H18N4O4/c1-27-17-8-16(9-18(10-17)28-2)25-12-15(7-19(25)26)20-23-21(29-24-20)14-5-3-4-13(6-14)11-22/h3-6,8-10,15H,7,12H2,1-2H3. The van der Waals surface area contributed by atoms with Crippen LogP contribution in [0.2, 0.25) is 0 Å². The maximum atomic E-state index is 12.6. The lowest BCUT2D eigenvalue weighted by Gasteiger charge is -2.18. The van der Waals surface area contributed by atoms with E-state index in [0.29, 0.717) is 46.6 Å². The van der Waals surface area contributed by atoms with Crippen molar-refractivity contribution in [1.29, 1.82) is 5.26 Å². The molecular weight excluding hydrogens is 372 g/mol. The molecule has 4 rings (SSSR count). The lowest BCUT2D eigenvalue weighted by atomic mass is 10.1. The Bertz CT molecular complexity index is 1080. The summed E-state index contributed by atoms with van der Waals surface area (Å²) in [5.74, 6) is 1.77. The van der Waals surface area contributed by atoms with Crippen molar-refractivity contribution >= 4 is 11.6 Å². The van der Waals surface area contributed by atoms with Crippen molar-refractivity contribution in [3.63, 3.8) is 0 Å². The third-order valence-electron chi connectivity index (χ3n) is 4.82. The number of nitrogens with zero attached hydrogens (tertiary/aromatic N) is 4. The molecule has 2 heterocycles. The van der Waals surface area contributed by atoms with E-state index in [9.17, 15) is 4.79 Å². The van der Waals surface area contributed by atoms with Crippen LogP contribution in [-0.2, 0) is 4.79 Å². The summed E-state index contributed by atoms with van der Waals surface area (Å²) in [7, 11) is 3.13. The number of hydrogen-bond acceptors (Lipinski definition) is 7.